The largest absolute Gasteiger partial charge is 0.488 e. The van der Waals surface area contributed by atoms with E-state index in [0.29, 0.717) is 11.4 Å². The number of rotatable bonds is 5. The number of carbonyl (C=O) groups excluding carboxylic acids is 1. The first-order chi connectivity index (χ1) is 9.31. The third-order valence-electron chi connectivity index (χ3n) is 2.30. The van der Waals surface area contributed by atoms with Crippen molar-refractivity contribution >= 4 is 11.7 Å². The van der Waals surface area contributed by atoms with E-state index in [-0.39, 0.29) is 24.7 Å². The lowest BCUT2D eigenvalue weighted by Crippen LogP contribution is -2.43. The molecule has 0 fully saturated rings. The summed E-state index contributed by atoms with van der Waals surface area (Å²) in [4.78, 5) is 11.8. The minimum absolute atomic E-state index is 0.0971. The summed E-state index contributed by atoms with van der Waals surface area (Å²) in [5, 5.41) is 5.45. The van der Waals surface area contributed by atoms with Gasteiger partial charge < -0.3 is 21.1 Å². The second kappa shape index (κ2) is 7.09. The van der Waals surface area contributed by atoms with Crippen molar-refractivity contribution in [3.63, 3.8) is 0 Å². The van der Waals surface area contributed by atoms with Crippen LogP contribution in [0.5, 0.6) is 5.75 Å². The molecule has 0 heterocycles. The lowest BCUT2D eigenvalue weighted by molar-refractivity contribution is 0.201. The lowest BCUT2D eigenvalue weighted by atomic mass is 10.1. The van der Waals surface area contributed by atoms with E-state index in [1.165, 1.54) is 0 Å². The molecular weight excluding hydrogens is 261 g/mol. The van der Waals surface area contributed by atoms with Gasteiger partial charge in [-0.25, -0.2) is 9.18 Å². The summed E-state index contributed by atoms with van der Waals surface area (Å²) < 4.78 is 18.4. The van der Waals surface area contributed by atoms with Gasteiger partial charge in [0.15, 0.2) is 0 Å². The molecule has 0 bridgehead atoms. The summed E-state index contributed by atoms with van der Waals surface area (Å²) in [5.74, 6) is 0.410. The van der Waals surface area contributed by atoms with Crippen LogP contribution in [0.25, 0.3) is 0 Å². The SMILES string of the molecule is CC(C)(C)NC(=O)Nc1ccccc1OCC(F)CN. The Morgan fingerprint density at radius 3 is 2.65 bits per heavy atom. The monoisotopic (exact) mass is 283 g/mol. The maximum absolute atomic E-state index is 13.1. The van der Waals surface area contributed by atoms with Crippen molar-refractivity contribution in [1.29, 1.82) is 0 Å². The van der Waals surface area contributed by atoms with Crippen molar-refractivity contribution in [2.75, 3.05) is 18.5 Å². The van der Waals surface area contributed by atoms with Gasteiger partial charge in [0.05, 0.1) is 5.69 Å². The molecule has 20 heavy (non-hydrogen) atoms. The highest BCUT2D eigenvalue weighted by molar-refractivity contribution is 5.91. The number of halogens is 1. The molecule has 1 atom stereocenters. The summed E-state index contributed by atoms with van der Waals surface area (Å²) in [7, 11) is 0. The Hall–Kier alpha value is -1.82. The Kier molecular flexibility index (Phi) is 5.76. The Labute approximate surface area is 118 Å². The van der Waals surface area contributed by atoms with Gasteiger partial charge >= 0.3 is 6.03 Å². The molecule has 0 saturated carbocycles. The van der Waals surface area contributed by atoms with Crippen LogP contribution in [0.3, 0.4) is 0 Å². The molecule has 1 aromatic rings. The van der Waals surface area contributed by atoms with E-state index in [1.807, 2.05) is 20.8 Å². The second-order valence-corrected chi connectivity index (χ2v) is 5.47. The average molecular weight is 283 g/mol. The number of amides is 2. The van der Waals surface area contributed by atoms with Gasteiger partial charge in [0.25, 0.3) is 0 Å². The minimum atomic E-state index is -1.23. The number of nitrogens with one attached hydrogen (secondary N) is 2. The minimum Gasteiger partial charge on any atom is -0.488 e. The first-order valence-corrected chi connectivity index (χ1v) is 6.47. The first kappa shape index (κ1) is 16.2. The van der Waals surface area contributed by atoms with Gasteiger partial charge in [0.1, 0.15) is 18.5 Å². The van der Waals surface area contributed by atoms with Crippen molar-refractivity contribution in [3.05, 3.63) is 24.3 Å². The Morgan fingerprint density at radius 2 is 2.05 bits per heavy atom. The molecular formula is C14H22FN3O2. The number of carbonyl (C=O) groups is 1. The first-order valence-electron chi connectivity index (χ1n) is 6.47. The standard InChI is InChI=1S/C14H22FN3O2/c1-14(2,3)18-13(19)17-11-6-4-5-7-12(11)20-9-10(15)8-16/h4-7,10H,8-9,16H2,1-3H3,(H2,17,18,19). The molecule has 0 aliphatic heterocycles. The fourth-order valence-corrected chi connectivity index (χ4v) is 1.44. The molecule has 1 aromatic carbocycles. The fraction of sp³-hybridized carbons (Fsp3) is 0.500. The van der Waals surface area contributed by atoms with Crippen LogP contribution >= 0.6 is 0 Å². The highest BCUT2D eigenvalue weighted by Crippen LogP contribution is 2.24. The number of urea groups is 1. The molecule has 2 amide bonds. The lowest BCUT2D eigenvalue weighted by Gasteiger charge is -2.21. The Morgan fingerprint density at radius 1 is 1.40 bits per heavy atom. The topological polar surface area (TPSA) is 76.4 Å². The van der Waals surface area contributed by atoms with E-state index >= 15 is 0 Å². The maximum atomic E-state index is 13.1. The maximum Gasteiger partial charge on any atom is 0.319 e. The molecule has 1 unspecified atom stereocenters. The fourth-order valence-electron chi connectivity index (χ4n) is 1.44. The normalized spacial score (nSPS) is 12.7. The molecule has 0 spiro atoms. The zero-order valence-electron chi connectivity index (χ0n) is 12.1. The molecule has 1 rings (SSSR count). The van der Waals surface area contributed by atoms with Gasteiger partial charge in [0.2, 0.25) is 0 Å². The van der Waals surface area contributed by atoms with E-state index < -0.39 is 6.17 Å². The number of benzene rings is 1. The summed E-state index contributed by atoms with van der Waals surface area (Å²) in [5.41, 5.74) is 5.33. The molecule has 6 heteroatoms. The third kappa shape index (κ3) is 5.88. The van der Waals surface area contributed by atoms with Crippen LogP contribution in [0.4, 0.5) is 14.9 Å². The smallest absolute Gasteiger partial charge is 0.319 e. The van der Waals surface area contributed by atoms with Crippen molar-refractivity contribution in [2.45, 2.75) is 32.5 Å². The van der Waals surface area contributed by atoms with Crippen LogP contribution in [-0.2, 0) is 0 Å². The summed E-state index contributed by atoms with van der Waals surface area (Å²) in [6, 6.07) is 6.51. The van der Waals surface area contributed by atoms with Gasteiger partial charge in [-0.15, -0.1) is 0 Å². The van der Waals surface area contributed by atoms with Gasteiger partial charge in [-0.05, 0) is 32.9 Å². The average Bonchev–Trinajstić information content (AvgIpc) is 2.35. The van der Waals surface area contributed by atoms with Crippen molar-refractivity contribution in [1.82, 2.24) is 5.32 Å². The van der Waals surface area contributed by atoms with Crippen LogP contribution in [-0.4, -0.2) is 30.9 Å². The molecule has 0 aliphatic carbocycles. The van der Waals surface area contributed by atoms with Crippen LogP contribution in [0.15, 0.2) is 24.3 Å². The van der Waals surface area contributed by atoms with Crippen LogP contribution in [0.2, 0.25) is 0 Å². The van der Waals surface area contributed by atoms with Crippen molar-refractivity contribution in [3.8, 4) is 5.75 Å². The van der Waals surface area contributed by atoms with E-state index in [9.17, 15) is 9.18 Å². The Bertz CT molecular complexity index is 446. The van der Waals surface area contributed by atoms with Crippen molar-refractivity contribution in [2.24, 2.45) is 5.73 Å². The number of hydrogen-bond acceptors (Lipinski definition) is 3. The number of para-hydroxylation sites is 2. The quantitative estimate of drug-likeness (QED) is 0.776. The van der Waals surface area contributed by atoms with Crippen LogP contribution in [0, 0.1) is 0 Å². The molecule has 0 aliphatic rings. The van der Waals surface area contributed by atoms with E-state index in [4.69, 9.17) is 10.5 Å². The third-order valence-corrected chi connectivity index (χ3v) is 2.30. The van der Waals surface area contributed by atoms with Gasteiger partial charge in [-0.2, -0.15) is 0 Å². The zero-order valence-corrected chi connectivity index (χ0v) is 12.1. The van der Waals surface area contributed by atoms with Crippen LogP contribution in [0.1, 0.15) is 20.8 Å². The predicted octanol–water partition coefficient (Wildman–Crippen LogP) is 2.28. The van der Waals surface area contributed by atoms with E-state index in [1.54, 1.807) is 24.3 Å². The summed E-state index contributed by atoms with van der Waals surface area (Å²) >= 11 is 0. The predicted molar refractivity (Wildman–Crippen MR) is 77.8 cm³/mol. The molecule has 5 nitrogen and oxygen atoms in total. The summed E-state index contributed by atoms with van der Waals surface area (Å²) in [6.45, 7) is 5.40. The number of hydrogen-bond donors (Lipinski definition) is 3. The van der Waals surface area contributed by atoms with Gasteiger partial charge in [-0.3, -0.25) is 0 Å². The van der Waals surface area contributed by atoms with Gasteiger partial charge in [0, 0.05) is 12.1 Å². The summed E-state index contributed by atoms with van der Waals surface area (Å²) in [6.07, 6.45) is -1.23. The Balaban J connectivity index is 2.68. The number of nitrogens with two attached hydrogens (primary N) is 1. The number of anilines is 1. The number of alkyl halides is 1. The molecule has 0 aromatic heterocycles. The van der Waals surface area contributed by atoms with E-state index in [0.717, 1.165) is 0 Å². The number of ether oxygens (including phenoxy) is 1. The highest BCUT2D eigenvalue weighted by atomic mass is 19.1. The van der Waals surface area contributed by atoms with Crippen molar-refractivity contribution < 1.29 is 13.9 Å². The van der Waals surface area contributed by atoms with E-state index in [2.05, 4.69) is 10.6 Å². The molecule has 0 saturated heterocycles. The second-order valence-electron chi connectivity index (χ2n) is 5.47. The molecule has 4 N–H and O–H groups in total. The zero-order chi connectivity index (χ0) is 15.2. The van der Waals surface area contributed by atoms with Crippen LogP contribution < -0.4 is 21.1 Å². The molecule has 112 valence electrons. The highest BCUT2D eigenvalue weighted by Gasteiger charge is 2.15. The molecule has 0 radical (unpaired) electrons. The van der Waals surface area contributed by atoms with Gasteiger partial charge in [-0.1, -0.05) is 12.1 Å².